The molecule has 0 saturated carbocycles. The molecule has 47 heavy (non-hydrogen) atoms. The van der Waals surface area contributed by atoms with E-state index in [4.69, 9.17) is 24.2 Å². The Morgan fingerprint density at radius 3 is 2.32 bits per heavy atom. The van der Waals surface area contributed by atoms with Gasteiger partial charge in [0.25, 0.3) is 0 Å². The fraction of sp³-hybridized carbons (Fsp3) is 0.600. The van der Waals surface area contributed by atoms with Gasteiger partial charge in [0.2, 0.25) is 5.91 Å². The van der Waals surface area contributed by atoms with Crippen LogP contribution in [0.5, 0.6) is 0 Å². The number of amides is 2. The van der Waals surface area contributed by atoms with Crippen LogP contribution in [0.15, 0.2) is 36.7 Å². The summed E-state index contributed by atoms with van der Waals surface area (Å²) in [5, 5.41) is 4.12. The molecule has 3 aromatic rings. The molecule has 0 spiro atoms. The maximum absolute atomic E-state index is 13.2. The first-order valence-electron chi connectivity index (χ1n) is 17.0. The molecule has 1 aromatic carbocycles. The molecule has 0 radical (unpaired) electrons. The minimum Gasteiger partial charge on any atom is -0.444 e. The fourth-order valence-corrected chi connectivity index (χ4v) is 7.51. The molecular formula is C35H50N6O5Si. The van der Waals surface area contributed by atoms with Crippen molar-refractivity contribution in [2.75, 3.05) is 43.1 Å². The maximum atomic E-state index is 13.2. The summed E-state index contributed by atoms with van der Waals surface area (Å²) in [6.07, 6.45) is 4.79. The highest BCUT2D eigenvalue weighted by atomic mass is 28.3. The lowest BCUT2D eigenvalue weighted by Gasteiger charge is -2.35. The van der Waals surface area contributed by atoms with E-state index in [0.717, 1.165) is 65.9 Å². The monoisotopic (exact) mass is 662 g/mol. The third-order valence-corrected chi connectivity index (χ3v) is 11.0. The summed E-state index contributed by atoms with van der Waals surface area (Å²) in [5.41, 5.74) is 3.08. The summed E-state index contributed by atoms with van der Waals surface area (Å²) in [6, 6.07) is 11.9. The van der Waals surface area contributed by atoms with Gasteiger partial charge in [-0.25, -0.2) is 14.8 Å². The summed E-state index contributed by atoms with van der Waals surface area (Å²) in [6.45, 7) is 16.2. The molecule has 254 valence electrons. The second-order valence-electron chi connectivity index (χ2n) is 15.4. The zero-order valence-electron chi connectivity index (χ0n) is 28.8. The molecule has 2 amide bonds. The Morgan fingerprint density at radius 2 is 1.68 bits per heavy atom. The first-order chi connectivity index (χ1) is 22.4. The van der Waals surface area contributed by atoms with E-state index >= 15 is 0 Å². The van der Waals surface area contributed by atoms with Crippen LogP contribution in [0.1, 0.15) is 46.5 Å². The molecule has 3 saturated heterocycles. The number of hydrogen-bond donors (Lipinski definition) is 1. The van der Waals surface area contributed by atoms with Gasteiger partial charge in [0.1, 0.15) is 30.1 Å². The highest BCUT2D eigenvalue weighted by Gasteiger charge is 2.39. The van der Waals surface area contributed by atoms with E-state index in [1.165, 1.54) is 0 Å². The van der Waals surface area contributed by atoms with Crippen LogP contribution in [0.2, 0.25) is 25.7 Å². The number of likely N-dealkylation sites (tertiary alicyclic amines) is 1. The predicted molar refractivity (Wildman–Crippen MR) is 186 cm³/mol. The smallest absolute Gasteiger partial charge is 0.410 e. The Hall–Kier alpha value is -3.48. The molecule has 3 aliphatic heterocycles. The van der Waals surface area contributed by atoms with E-state index in [2.05, 4.69) is 40.5 Å². The van der Waals surface area contributed by atoms with Crippen molar-refractivity contribution in [1.29, 1.82) is 0 Å². The van der Waals surface area contributed by atoms with Crippen molar-refractivity contribution in [2.45, 2.75) is 96.6 Å². The Morgan fingerprint density at radius 1 is 1.00 bits per heavy atom. The lowest BCUT2D eigenvalue weighted by atomic mass is 9.96. The van der Waals surface area contributed by atoms with Gasteiger partial charge in [-0.15, -0.1) is 0 Å². The minimum absolute atomic E-state index is 0.0217. The summed E-state index contributed by atoms with van der Waals surface area (Å²) >= 11 is 0. The Bertz CT molecular complexity index is 1560. The van der Waals surface area contributed by atoms with Gasteiger partial charge in [0.05, 0.1) is 36.4 Å². The standard InChI is InChI=1S/C35H50N6O5Si/c1-35(2,3)46-34(43)39-15-13-25(14-16-39)33(42)38-26-9-7-24(8-10-26)30-19-29-31(40(30)23-44-17-18-47(4,5)6)36-22-37-32(29)41-27-11-12-28(41)21-45-20-27/h7-10,19,22,25,27-28H,11-18,20-21,23H2,1-6H3,(H,38,42). The van der Waals surface area contributed by atoms with Crippen LogP contribution in [0.4, 0.5) is 16.3 Å². The number of nitrogens with one attached hydrogen (secondary N) is 1. The van der Waals surface area contributed by atoms with Crippen molar-refractivity contribution >= 4 is 42.6 Å². The van der Waals surface area contributed by atoms with Crippen molar-refractivity contribution in [3.63, 3.8) is 0 Å². The number of fused-ring (bicyclic) bond motifs is 3. The highest BCUT2D eigenvalue weighted by molar-refractivity contribution is 6.76. The van der Waals surface area contributed by atoms with Gasteiger partial charge in [0.15, 0.2) is 0 Å². The molecule has 2 atom stereocenters. The number of benzene rings is 1. The molecule has 11 nitrogen and oxygen atoms in total. The van der Waals surface area contributed by atoms with Crippen LogP contribution < -0.4 is 10.2 Å². The van der Waals surface area contributed by atoms with Gasteiger partial charge in [-0.05, 0) is 76.3 Å². The number of rotatable bonds is 9. The largest absolute Gasteiger partial charge is 0.444 e. The second kappa shape index (κ2) is 13.6. The van der Waals surface area contributed by atoms with Gasteiger partial charge in [0, 0.05) is 39.4 Å². The number of hydrogen-bond acceptors (Lipinski definition) is 8. The topological polar surface area (TPSA) is 111 Å². The van der Waals surface area contributed by atoms with Gasteiger partial charge < -0.3 is 33.9 Å². The zero-order valence-corrected chi connectivity index (χ0v) is 29.8. The van der Waals surface area contributed by atoms with Gasteiger partial charge >= 0.3 is 6.09 Å². The third kappa shape index (κ3) is 7.81. The molecule has 3 aliphatic rings. The van der Waals surface area contributed by atoms with Gasteiger partial charge in [-0.1, -0.05) is 31.8 Å². The predicted octanol–water partition coefficient (Wildman–Crippen LogP) is 6.36. The number of morpholine rings is 1. The SMILES string of the molecule is CC(C)(C)OC(=O)N1CCC(C(=O)Nc2ccc(-c3cc4c(N5C6CCC5COC6)ncnc4n3COCC[Si](C)(C)C)cc2)CC1. The summed E-state index contributed by atoms with van der Waals surface area (Å²) < 4.78 is 19.8. The number of nitrogens with zero attached hydrogens (tertiary/aromatic N) is 5. The lowest BCUT2D eigenvalue weighted by molar-refractivity contribution is -0.121. The van der Waals surface area contributed by atoms with E-state index in [0.29, 0.717) is 51.4 Å². The minimum atomic E-state index is -1.24. The highest BCUT2D eigenvalue weighted by Crippen LogP contribution is 2.39. The molecule has 1 N–H and O–H groups in total. The number of anilines is 2. The van der Waals surface area contributed by atoms with Gasteiger partial charge in [-0.3, -0.25) is 4.79 Å². The molecule has 3 fully saturated rings. The summed E-state index contributed by atoms with van der Waals surface area (Å²) in [5.74, 6) is 0.790. The Kier molecular flexibility index (Phi) is 9.64. The van der Waals surface area contributed by atoms with Crippen molar-refractivity contribution in [1.82, 2.24) is 19.4 Å². The van der Waals surface area contributed by atoms with E-state index in [1.807, 2.05) is 45.0 Å². The normalized spacial score (nSPS) is 20.6. The number of aromatic nitrogens is 3. The number of ether oxygens (including phenoxy) is 3. The molecular weight excluding hydrogens is 613 g/mol. The average Bonchev–Trinajstić information content (AvgIpc) is 3.51. The van der Waals surface area contributed by atoms with Crippen LogP contribution in [-0.2, 0) is 25.7 Å². The molecule has 2 bridgehead atoms. The number of carbonyl (C=O) groups is 2. The van der Waals surface area contributed by atoms with Crippen LogP contribution in [0, 0.1) is 5.92 Å². The van der Waals surface area contributed by atoms with Crippen molar-refractivity contribution in [3.05, 3.63) is 36.7 Å². The molecule has 0 aliphatic carbocycles. The second-order valence-corrected chi connectivity index (χ2v) is 21.0. The van der Waals surface area contributed by atoms with E-state index in [9.17, 15) is 9.59 Å². The van der Waals surface area contributed by atoms with Crippen molar-refractivity contribution < 1.29 is 23.8 Å². The molecule has 2 unspecified atom stereocenters. The van der Waals surface area contributed by atoms with Crippen LogP contribution in [0.25, 0.3) is 22.3 Å². The molecule has 2 aromatic heterocycles. The first kappa shape index (κ1) is 33.4. The zero-order chi connectivity index (χ0) is 33.3. The van der Waals surface area contributed by atoms with Crippen molar-refractivity contribution in [2.24, 2.45) is 5.92 Å². The van der Waals surface area contributed by atoms with Gasteiger partial charge in [-0.2, -0.15) is 0 Å². The first-order valence-corrected chi connectivity index (χ1v) is 20.7. The maximum Gasteiger partial charge on any atom is 0.410 e. The van der Waals surface area contributed by atoms with E-state index < -0.39 is 13.7 Å². The Balaban J connectivity index is 1.19. The quantitative estimate of drug-likeness (QED) is 0.208. The summed E-state index contributed by atoms with van der Waals surface area (Å²) in [4.78, 5) is 39.3. The number of carbonyl (C=O) groups excluding carboxylic acids is 2. The van der Waals surface area contributed by atoms with E-state index in [-0.39, 0.29) is 17.9 Å². The number of piperidine rings is 1. The van der Waals surface area contributed by atoms with E-state index in [1.54, 1.807) is 11.2 Å². The molecule has 12 heteroatoms. The Labute approximate surface area is 279 Å². The fourth-order valence-electron chi connectivity index (χ4n) is 6.75. The lowest BCUT2D eigenvalue weighted by Crippen LogP contribution is -2.46. The molecule has 6 rings (SSSR count). The van der Waals surface area contributed by atoms with Crippen LogP contribution in [-0.4, -0.2) is 90.1 Å². The third-order valence-electron chi connectivity index (χ3n) is 9.34. The average molecular weight is 663 g/mol. The van der Waals surface area contributed by atoms with Crippen molar-refractivity contribution in [3.8, 4) is 11.3 Å². The summed E-state index contributed by atoms with van der Waals surface area (Å²) in [7, 11) is -1.24. The van der Waals surface area contributed by atoms with Crippen LogP contribution in [0.3, 0.4) is 0 Å². The van der Waals surface area contributed by atoms with Crippen LogP contribution >= 0.6 is 0 Å². The molecule has 5 heterocycles.